The fourth-order valence-electron chi connectivity index (χ4n) is 3.01. The van der Waals surface area contributed by atoms with Crippen LogP contribution in [0.2, 0.25) is 5.02 Å². The van der Waals surface area contributed by atoms with E-state index < -0.39 is 6.10 Å². The van der Waals surface area contributed by atoms with Crippen molar-refractivity contribution in [3.05, 3.63) is 59.1 Å². The van der Waals surface area contributed by atoms with Gasteiger partial charge in [-0.1, -0.05) is 41.9 Å². The van der Waals surface area contributed by atoms with Crippen molar-refractivity contribution in [2.75, 3.05) is 46.2 Å². The molecular formula is C21H28ClN3O3. The van der Waals surface area contributed by atoms with Gasteiger partial charge in [-0.15, -0.1) is 0 Å². The third kappa shape index (κ3) is 7.48. The minimum Gasteiger partial charge on any atom is -0.495 e. The van der Waals surface area contributed by atoms with Crippen molar-refractivity contribution in [3.63, 3.8) is 0 Å². The molecule has 2 aromatic rings. The summed E-state index contributed by atoms with van der Waals surface area (Å²) in [5, 5.41) is 13.6. The Morgan fingerprint density at radius 1 is 1.14 bits per heavy atom. The molecule has 2 aromatic carbocycles. The summed E-state index contributed by atoms with van der Waals surface area (Å²) in [5.74, 6) is 0.343. The number of ether oxygens (including phenoxy) is 1. The van der Waals surface area contributed by atoms with Crippen LogP contribution in [0, 0.1) is 0 Å². The molecule has 0 heterocycles. The Balaban J connectivity index is 1.78. The molecule has 0 radical (unpaired) electrons. The molecule has 2 rings (SSSR count). The normalized spacial score (nSPS) is 12.2. The van der Waals surface area contributed by atoms with E-state index in [4.69, 9.17) is 16.3 Å². The zero-order chi connectivity index (χ0) is 20.5. The van der Waals surface area contributed by atoms with Crippen LogP contribution in [0.25, 0.3) is 0 Å². The van der Waals surface area contributed by atoms with Crippen molar-refractivity contribution in [1.82, 2.24) is 9.80 Å². The SMILES string of the molecule is COc1ccc(Cl)cc1NC(=O)CN(C)CC(O)CN(C)Cc1ccccc1. The lowest BCUT2D eigenvalue weighted by molar-refractivity contribution is -0.117. The van der Waals surface area contributed by atoms with Crippen LogP contribution >= 0.6 is 11.6 Å². The number of nitrogens with one attached hydrogen (secondary N) is 1. The van der Waals surface area contributed by atoms with Gasteiger partial charge in [-0.25, -0.2) is 0 Å². The van der Waals surface area contributed by atoms with E-state index in [1.54, 1.807) is 30.1 Å². The molecule has 2 N–H and O–H groups in total. The minimum atomic E-state index is -0.563. The number of hydrogen-bond donors (Lipinski definition) is 2. The van der Waals surface area contributed by atoms with Crippen LogP contribution in [0.1, 0.15) is 5.56 Å². The molecule has 28 heavy (non-hydrogen) atoms. The number of benzene rings is 2. The van der Waals surface area contributed by atoms with Crippen LogP contribution in [0.5, 0.6) is 5.75 Å². The highest BCUT2D eigenvalue weighted by molar-refractivity contribution is 6.31. The quantitative estimate of drug-likeness (QED) is 0.636. The number of rotatable bonds is 10. The number of halogens is 1. The second kappa shape index (κ2) is 11.0. The number of aliphatic hydroxyl groups excluding tert-OH is 1. The molecule has 0 saturated carbocycles. The molecule has 0 aliphatic rings. The van der Waals surface area contributed by atoms with Crippen LogP contribution in [0.15, 0.2) is 48.5 Å². The van der Waals surface area contributed by atoms with Crippen molar-refractivity contribution < 1.29 is 14.6 Å². The van der Waals surface area contributed by atoms with Crippen LogP contribution in [0.3, 0.4) is 0 Å². The molecule has 6 nitrogen and oxygen atoms in total. The van der Waals surface area contributed by atoms with Crippen molar-refractivity contribution in [2.45, 2.75) is 12.6 Å². The Kier molecular flexibility index (Phi) is 8.73. The second-order valence-corrected chi connectivity index (χ2v) is 7.36. The van der Waals surface area contributed by atoms with E-state index in [2.05, 4.69) is 22.3 Å². The van der Waals surface area contributed by atoms with E-state index in [1.807, 2.05) is 25.2 Å². The summed E-state index contributed by atoms with van der Waals surface area (Å²) in [4.78, 5) is 16.1. The summed E-state index contributed by atoms with van der Waals surface area (Å²) < 4.78 is 5.23. The molecule has 1 atom stereocenters. The number of aliphatic hydroxyl groups is 1. The predicted octanol–water partition coefficient (Wildman–Crippen LogP) is 2.71. The average Bonchev–Trinajstić information content (AvgIpc) is 2.62. The smallest absolute Gasteiger partial charge is 0.238 e. The monoisotopic (exact) mass is 405 g/mol. The molecule has 0 fully saturated rings. The van der Waals surface area contributed by atoms with E-state index in [-0.39, 0.29) is 12.5 Å². The first-order chi connectivity index (χ1) is 13.4. The highest BCUT2D eigenvalue weighted by Gasteiger charge is 2.15. The lowest BCUT2D eigenvalue weighted by Crippen LogP contribution is -2.40. The van der Waals surface area contributed by atoms with Gasteiger partial charge < -0.3 is 15.2 Å². The summed E-state index contributed by atoms with van der Waals surface area (Å²) in [5.41, 5.74) is 1.72. The standard InChI is InChI=1S/C21H28ClN3O3/c1-24(12-16-7-5-4-6-8-16)13-18(26)14-25(2)15-21(27)23-19-11-17(22)9-10-20(19)28-3/h4-11,18,26H,12-15H2,1-3H3,(H,23,27). The average molecular weight is 406 g/mol. The maximum atomic E-state index is 12.3. The Bertz CT molecular complexity index is 758. The van der Waals surface area contributed by atoms with Crippen molar-refractivity contribution in [3.8, 4) is 5.75 Å². The first kappa shape index (κ1) is 22.2. The predicted molar refractivity (Wildman–Crippen MR) is 113 cm³/mol. The molecule has 152 valence electrons. The number of hydrogen-bond acceptors (Lipinski definition) is 5. The number of nitrogens with zero attached hydrogens (tertiary/aromatic N) is 2. The summed E-state index contributed by atoms with van der Waals surface area (Å²) in [6, 6.07) is 15.1. The van der Waals surface area contributed by atoms with Crippen molar-refractivity contribution in [1.29, 1.82) is 0 Å². The maximum absolute atomic E-state index is 12.3. The summed E-state index contributed by atoms with van der Waals surface area (Å²) >= 11 is 5.98. The molecular weight excluding hydrogens is 378 g/mol. The second-order valence-electron chi connectivity index (χ2n) is 6.93. The Morgan fingerprint density at radius 2 is 1.82 bits per heavy atom. The van der Waals surface area contributed by atoms with Gasteiger partial charge in [-0.3, -0.25) is 14.6 Å². The van der Waals surface area contributed by atoms with Gasteiger partial charge in [0.1, 0.15) is 5.75 Å². The van der Waals surface area contributed by atoms with E-state index in [1.165, 1.54) is 12.7 Å². The number of carbonyl (C=O) groups excluding carboxylic acids is 1. The lowest BCUT2D eigenvalue weighted by Gasteiger charge is -2.24. The third-order valence-electron chi connectivity index (χ3n) is 4.19. The Morgan fingerprint density at radius 3 is 2.50 bits per heavy atom. The molecule has 0 aromatic heterocycles. The zero-order valence-electron chi connectivity index (χ0n) is 16.6. The molecule has 0 saturated heterocycles. The molecule has 0 aliphatic carbocycles. The molecule has 1 unspecified atom stereocenters. The van der Waals surface area contributed by atoms with E-state index >= 15 is 0 Å². The number of likely N-dealkylation sites (N-methyl/N-ethyl adjacent to an activating group) is 2. The molecule has 0 aliphatic heterocycles. The van der Waals surface area contributed by atoms with E-state index in [0.717, 1.165) is 6.54 Å². The van der Waals surface area contributed by atoms with Crippen LogP contribution in [-0.4, -0.2) is 67.8 Å². The van der Waals surface area contributed by atoms with Gasteiger partial charge in [0.25, 0.3) is 0 Å². The lowest BCUT2D eigenvalue weighted by atomic mass is 10.2. The van der Waals surface area contributed by atoms with Gasteiger partial charge in [0.05, 0.1) is 25.4 Å². The topological polar surface area (TPSA) is 65.0 Å². The highest BCUT2D eigenvalue weighted by Crippen LogP contribution is 2.27. The highest BCUT2D eigenvalue weighted by atomic mass is 35.5. The van der Waals surface area contributed by atoms with E-state index in [0.29, 0.717) is 29.5 Å². The van der Waals surface area contributed by atoms with Crippen molar-refractivity contribution >= 4 is 23.2 Å². The first-order valence-corrected chi connectivity index (χ1v) is 9.47. The molecule has 0 bridgehead atoms. The fourth-order valence-corrected chi connectivity index (χ4v) is 3.19. The van der Waals surface area contributed by atoms with Gasteiger partial charge in [0.2, 0.25) is 5.91 Å². The van der Waals surface area contributed by atoms with Gasteiger partial charge in [0, 0.05) is 24.7 Å². The molecule has 1 amide bonds. The number of carbonyl (C=O) groups is 1. The largest absolute Gasteiger partial charge is 0.495 e. The van der Waals surface area contributed by atoms with Gasteiger partial charge >= 0.3 is 0 Å². The van der Waals surface area contributed by atoms with Crippen LogP contribution in [0.4, 0.5) is 5.69 Å². The zero-order valence-corrected chi connectivity index (χ0v) is 17.3. The Labute approximate surface area is 171 Å². The van der Waals surface area contributed by atoms with Gasteiger partial charge in [0.15, 0.2) is 0 Å². The molecule has 0 spiro atoms. The fraction of sp³-hybridized carbons (Fsp3) is 0.381. The third-order valence-corrected chi connectivity index (χ3v) is 4.42. The summed E-state index contributed by atoms with van der Waals surface area (Å²) in [7, 11) is 5.30. The van der Waals surface area contributed by atoms with Gasteiger partial charge in [-0.2, -0.15) is 0 Å². The van der Waals surface area contributed by atoms with Crippen LogP contribution < -0.4 is 10.1 Å². The van der Waals surface area contributed by atoms with Crippen molar-refractivity contribution in [2.24, 2.45) is 0 Å². The number of methoxy groups -OCH3 is 1. The van der Waals surface area contributed by atoms with Gasteiger partial charge in [-0.05, 0) is 37.9 Å². The van der Waals surface area contributed by atoms with Crippen LogP contribution in [-0.2, 0) is 11.3 Å². The molecule has 7 heteroatoms. The Hall–Kier alpha value is -2.12. The summed E-state index contributed by atoms with van der Waals surface area (Å²) in [6.45, 7) is 1.81. The minimum absolute atomic E-state index is 0.148. The van der Waals surface area contributed by atoms with E-state index in [9.17, 15) is 9.90 Å². The number of amides is 1. The first-order valence-electron chi connectivity index (χ1n) is 9.10. The number of anilines is 1. The maximum Gasteiger partial charge on any atom is 0.238 e. The summed E-state index contributed by atoms with van der Waals surface area (Å²) in [6.07, 6.45) is -0.563.